The van der Waals surface area contributed by atoms with E-state index in [9.17, 15) is 0 Å². The highest BCUT2D eigenvalue weighted by molar-refractivity contribution is 7.99. The lowest BCUT2D eigenvalue weighted by Gasteiger charge is -2.05. The van der Waals surface area contributed by atoms with Crippen molar-refractivity contribution < 1.29 is 0 Å². The Morgan fingerprint density at radius 1 is 1.28 bits per heavy atom. The van der Waals surface area contributed by atoms with E-state index in [1.54, 1.807) is 12.3 Å². The number of rotatable bonds is 2. The summed E-state index contributed by atoms with van der Waals surface area (Å²) in [5.41, 5.74) is 12.5. The number of aryl methyl sites for hydroxylation is 1. The first-order chi connectivity index (χ1) is 8.60. The van der Waals surface area contributed by atoms with Gasteiger partial charge in [-0.25, -0.2) is 15.0 Å². The lowest BCUT2D eigenvalue weighted by Crippen LogP contribution is -2.00. The van der Waals surface area contributed by atoms with Gasteiger partial charge < -0.3 is 11.5 Å². The van der Waals surface area contributed by atoms with Gasteiger partial charge >= 0.3 is 0 Å². The van der Waals surface area contributed by atoms with Crippen molar-refractivity contribution in [3.05, 3.63) is 29.5 Å². The van der Waals surface area contributed by atoms with Gasteiger partial charge in [0.1, 0.15) is 22.7 Å². The van der Waals surface area contributed by atoms with Crippen molar-refractivity contribution in [2.24, 2.45) is 0 Å². The Balaban J connectivity index is 2.40. The number of aromatic nitrogens is 3. The van der Waals surface area contributed by atoms with Gasteiger partial charge in [0.2, 0.25) is 0 Å². The molecule has 2 heterocycles. The summed E-state index contributed by atoms with van der Waals surface area (Å²) in [4.78, 5) is 12.2. The van der Waals surface area contributed by atoms with Crippen molar-refractivity contribution in [3.8, 4) is 6.07 Å². The molecule has 0 saturated carbocycles. The van der Waals surface area contributed by atoms with E-state index in [1.165, 1.54) is 17.8 Å². The van der Waals surface area contributed by atoms with Crippen LogP contribution in [0.5, 0.6) is 0 Å². The second-order valence-electron chi connectivity index (χ2n) is 3.52. The second kappa shape index (κ2) is 4.89. The first kappa shape index (κ1) is 12.1. The number of pyridine rings is 1. The van der Waals surface area contributed by atoms with Gasteiger partial charge in [-0.15, -0.1) is 0 Å². The topological polar surface area (TPSA) is 114 Å². The summed E-state index contributed by atoms with van der Waals surface area (Å²) in [5, 5.41) is 10.0. The molecule has 0 atom stereocenters. The Kier molecular flexibility index (Phi) is 3.30. The molecule has 90 valence electrons. The van der Waals surface area contributed by atoms with Crippen molar-refractivity contribution in [3.63, 3.8) is 0 Å². The molecule has 0 radical (unpaired) electrons. The minimum atomic E-state index is 0.288. The van der Waals surface area contributed by atoms with E-state index in [4.69, 9.17) is 16.7 Å². The molecule has 0 amide bonds. The van der Waals surface area contributed by atoms with E-state index in [2.05, 4.69) is 21.0 Å². The highest BCUT2D eigenvalue weighted by atomic mass is 32.2. The molecule has 0 saturated heterocycles. The molecule has 0 bridgehead atoms. The molecule has 18 heavy (non-hydrogen) atoms. The molecule has 2 rings (SSSR count). The molecule has 2 aromatic rings. The molecular weight excluding hydrogens is 248 g/mol. The summed E-state index contributed by atoms with van der Waals surface area (Å²) in [6.07, 6.45) is 1.63. The summed E-state index contributed by atoms with van der Waals surface area (Å²) in [6.45, 7) is 1.85. The van der Waals surface area contributed by atoms with Gasteiger partial charge in [-0.1, -0.05) is 0 Å². The lowest BCUT2D eigenvalue weighted by molar-refractivity contribution is 0.973. The zero-order valence-corrected chi connectivity index (χ0v) is 10.4. The third-order valence-electron chi connectivity index (χ3n) is 2.17. The SMILES string of the molecule is Cc1ccnc(Sc2nc(N)cc(N)n2)c1C#N. The van der Waals surface area contributed by atoms with E-state index in [0.717, 1.165) is 5.56 Å². The van der Waals surface area contributed by atoms with Crippen molar-refractivity contribution in [1.82, 2.24) is 15.0 Å². The summed E-state index contributed by atoms with van der Waals surface area (Å²) in [5.74, 6) is 0.576. The predicted molar refractivity (Wildman–Crippen MR) is 68.7 cm³/mol. The Bertz CT molecular complexity index is 614. The number of hydrogen-bond acceptors (Lipinski definition) is 7. The first-order valence-electron chi connectivity index (χ1n) is 5.03. The third-order valence-corrected chi connectivity index (χ3v) is 3.04. The number of nitrogens with two attached hydrogens (primary N) is 2. The van der Waals surface area contributed by atoms with Crippen LogP contribution < -0.4 is 11.5 Å². The Morgan fingerprint density at radius 2 is 1.94 bits per heavy atom. The molecule has 6 nitrogen and oxygen atoms in total. The zero-order valence-electron chi connectivity index (χ0n) is 9.58. The van der Waals surface area contributed by atoms with Crippen LogP contribution in [0.2, 0.25) is 0 Å². The van der Waals surface area contributed by atoms with Gasteiger partial charge in [0.25, 0.3) is 0 Å². The van der Waals surface area contributed by atoms with Crippen LogP contribution in [0.25, 0.3) is 0 Å². The summed E-state index contributed by atoms with van der Waals surface area (Å²) >= 11 is 1.17. The van der Waals surface area contributed by atoms with Crippen LogP contribution in [0, 0.1) is 18.3 Å². The lowest BCUT2D eigenvalue weighted by atomic mass is 10.2. The Morgan fingerprint density at radius 3 is 2.56 bits per heavy atom. The molecule has 0 aliphatic rings. The van der Waals surface area contributed by atoms with Crippen LogP contribution in [0.3, 0.4) is 0 Å². The van der Waals surface area contributed by atoms with E-state index in [-0.39, 0.29) is 11.6 Å². The fraction of sp³-hybridized carbons (Fsp3) is 0.0909. The monoisotopic (exact) mass is 258 g/mol. The molecule has 0 aliphatic heterocycles. The van der Waals surface area contributed by atoms with Crippen molar-refractivity contribution in [2.45, 2.75) is 17.1 Å². The van der Waals surface area contributed by atoms with Crippen molar-refractivity contribution in [2.75, 3.05) is 11.5 Å². The van der Waals surface area contributed by atoms with Crippen LogP contribution in [-0.4, -0.2) is 15.0 Å². The van der Waals surface area contributed by atoms with Gasteiger partial charge in [0.05, 0.1) is 5.56 Å². The fourth-order valence-electron chi connectivity index (χ4n) is 1.34. The molecule has 0 spiro atoms. The van der Waals surface area contributed by atoms with E-state index in [0.29, 0.717) is 15.7 Å². The molecule has 0 unspecified atom stereocenters. The van der Waals surface area contributed by atoms with Crippen LogP contribution in [0.4, 0.5) is 11.6 Å². The van der Waals surface area contributed by atoms with Gasteiger partial charge in [0.15, 0.2) is 5.16 Å². The van der Waals surface area contributed by atoms with Gasteiger partial charge in [-0.3, -0.25) is 0 Å². The van der Waals surface area contributed by atoms with Gasteiger partial charge in [0, 0.05) is 12.3 Å². The number of nitrogen functional groups attached to an aromatic ring is 2. The van der Waals surface area contributed by atoms with Crippen LogP contribution in [0.15, 0.2) is 28.5 Å². The minimum Gasteiger partial charge on any atom is -0.383 e. The Labute approximate surface area is 108 Å². The highest BCUT2D eigenvalue weighted by Crippen LogP contribution is 2.28. The standard InChI is InChI=1S/C11H10N6S/c1-6-2-3-15-10(7(6)5-12)18-11-16-8(13)4-9(14)17-11/h2-4H,1H3,(H4,13,14,16,17). The molecule has 0 aromatic carbocycles. The molecule has 2 aromatic heterocycles. The average Bonchev–Trinajstić information content (AvgIpc) is 2.27. The van der Waals surface area contributed by atoms with E-state index >= 15 is 0 Å². The maximum absolute atomic E-state index is 9.09. The Hall–Kier alpha value is -2.33. The predicted octanol–water partition coefficient (Wildman–Crippen LogP) is 1.37. The molecule has 4 N–H and O–H groups in total. The number of nitrogens with zero attached hydrogens (tertiary/aromatic N) is 4. The maximum Gasteiger partial charge on any atom is 0.197 e. The summed E-state index contributed by atoms with van der Waals surface area (Å²) < 4.78 is 0. The van der Waals surface area contributed by atoms with Crippen LogP contribution in [0.1, 0.15) is 11.1 Å². The fourth-order valence-corrected chi connectivity index (χ4v) is 2.24. The molecule has 0 aliphatic carbocycles. The second-order valence-corrected chi connectivity index (χ2v) is 4.48. The quantitative estimate of drug-likeness (QED) is 0.781. The van der Waals surface area contributed by atoms with Gasteiger partial charge in [-0.2, -0.15) is 5.26 Å². The number of anilines is 2. The molecule has 0 fully saturated rings. The minimum absolute atomic E-state index is 0.288. The van der Waals surface area contributed by atoms with Crippen LogP contribution >= 0.6 is 11.8 Å². The first-order valence-corrected chi connectivity index (χ1v) is 5.85. The van der Waals surface area contributed by atoms with Crippen LogP contribution in [-0.2, 0) is 0 Å². The summed E-state index contributed by atoms with van der Waals surface area (Å²) in [7, 11) is 0. The van der Waals surface area contributed by atoms with Crippen molar-refractivity contribution in [1.29, 1.82) is 5.26 Å². The maximum atomic E-state index is 9.09. The highest BCUT2D eigenvalue weighted by Gasteiger charge is 2.11. The van der Waals surface area contributed by atoms with Gasteiger partial charge in [-0.05, 0) is 30.3 Å². The molecular formula is C11H10N6S. The number of nitriles is 1. The van der Waals surface area contributed by atoms with E-state index < -0.39 is 0 Å². The normalized spacial score (nSPS) is 10.0. The average molecular weight is 258 g/mol. The zero-order chi connectivity index (χ0) is 13.1. The number of hydrogen-bond donors (Lipinski definition) is 2. The summed E-state index contributed by atoms with van der Waals surface area (Å²) in [6, 6.07) is 5.36. The smallest absolute Gasteiger partial charge is 0.197 e. The van der Waals surface area contributed by atoms with E-state index in [1.807, 2.05) is 6.92 Å². The largest absolute Gasteiger partial charge is 0.383 e. The van der Waals surface area contributed by atoms with Crippen molar-refractivity contribution >= 4 is 23.4 Å². The third kappa shape index (κ3) is 2.49. The molecule has 7 heteroatoms.